The van der Waals surface area contributed by atoms with Crippen LogP contribution in [0.1, 0.15) is 4.88 Å². The molecule has 3 heterocycles. The van der Waals surface area contributed by atoms with Crippen molar-refractivity contribution in [3.63, 3.8) is 0 Å². The van der Waals surface area contributed by atoms with Crippen LogP contribution in [0.25, 0.3) is 0 Å². The summed E-state index contributed by atoms with van der Waals surface area (Å²) in [6.07, 6.45) is -0.973. The molecule has 2 aliphatic heterocycles. The van der Waals surface area contributed by atoms with E-state index in [1.807, 2.05) is 11.4 Å². The van der Waals surface area contributed by atoms with E-state index in [0.717, 1.165) is 9.78 Å². The first-order valence-electron chi connectivity index (χ1n) is 8.01. The van der Waals surface area contributed by atoms with Crippen molar-refractivity contribution in [2.24, 2.45) is 5.73 Å². The van der Waals surface area contributed by atoms with Crippen molar-refractivity contribution < 1.29 is 33.8 Å². The number of ether oxygens (including phenoxy) is 2. The number of rotatable bonds is 7. The molecule has 1 aromatic heterocycles. The van der Waals surface area contributed by atoms with E-state index >= 15 is 0 Å². The molecule has 0 spiro atoms. The molecule has 150 valence electrons. The molecule has 0 bridgehead atoms. The average molecular weight is 427 g/mol. The molecule has 0 aliphatic carbocycles. The lowest BCUT2D eigenvalue weighted by Gasteiger charge is -2.55. The second kappa shape index (κ2) is 7.81. The van der Waals surface area contributed by atoms with Crippen molar-refractivity contribution in [1.82, 2.24) is 10.2 Å². The van der Waals surface area contributed by atoms with Gasteiger partial charge in [0.15, 0.2) is 0 Å². The van der Waals surface area contributed by atoms with Crippen LogP contribution in [0.3, 0.4) is 0 Å². The number of hydrogen-bond donors (Lipinski definition) is 3. The van der Waals surface area contributed by atoms with E-state index in [4.69, 9.17) is 10.5 Å². The fraction of sp³-hybridized carbons (Fsp3) is 0.375. The van der Waals surface area contributed by atoms with Crippen LogP contribution in [0.15, 0.2) is 28.8 Å². The fourth-order valence-corrected chi connectivity index (χ4v) is 5.16. The number of aliphatic carboxylic acids is 1. The van der Waals surface area contributed by atoms with Crippen molar-refractivity contribution in [1.29, 1.82) is 0 Å². The van der Waals surface area contributed by atoms with Gasteiger partial charge in [0.2, 0.25) is 5.91 Å². The molecule has 10 nitrogen and oxygen atoms in total. The summed E-state index contributed by atoms with van der Waals surface area (Å²) in [6.45, 7) is -0.342. The van der Waals surface area contributed by atoms with Crippen LogP contribution < -0.4 is 11.1 Å². The van der Waals surface area contributed by atoms with Gasteiger partial charge in [0.1, 0.15) is 17.7 Å². The van der Waals surface area contributed by atoms with Crippen LogP contribution >= 0.6 is 23.1 Å². The van der Waals surface area contributed by atoms with Crippen molar-refractivity contribution >= 4 is 47.0 Å². The number of carbonyl (C=O) groups excluding carboxylic acids is 3. The Morgan fingerprint density at radius 1 is 1.46 bits per heavy atom. The summed E-state index contributed by atoms with van der Waals surface area (Å²) >= 11 is 2.60. The standard InChI is InChI=1S/C16H17N3O7S2/c1-25-16(18-10(20)5-9-3-2-4-27-9)13(23)19-11(12(21)22)8(6-26-15(17)24)7-28-14(16)19/h2-4,14H,5-7H2,1H3,(H2,17,24)(H,18,20)(H,21,22)/t14-,16?/m0/s1. The lowest BCUT2D eigenvalue weighted by atomic mass is 9.98. The molecule has 1 unspecified atom stereocenters. The summed E-state index contributed by atoms with van der Waals surface area (Å²) in [4.78, 5) is 49.6. The number of carboxylic acid groups (broad SMARTS) is 1. The third-order valence-electron chi connectivity index (χ3n) is 4.26. The molecule has 12 heteroatoms. The van der Waals surface area contributed by atoms with Crippen LogP contribution in [0.5, 0.6) is 0 Å². The molecule has 1 aromatic rings. The van der Waals surface area contributed by atoms with Crippen molar-refractivity contribution in [3.05, 3.63) is 33.7 Å². The number of β-lactam (4-membered cyclic amide) rings is 1. The second-order valence-electron chi connectivity index (χ2n) is 5.95. The van der Waals surface area contributed by atoms with Gasteiger partial charge >= 0.3 is 12.1 Å². The molecule has 1 saturated heterocycles. The molecule has 3 rings (SSSR count). The highest BCUT2D eigenvalue weighted by Crippen LogP contribution is 2.46. The fourth-order valence-electron chi connectivity index (χ4n) is 3.04. The smallest absolute Gasteiger partial charge is 0.404 e. The third kappa shape index (κ3) is 3.45. The SMILES string of the molecule is COC1(NC(=O)Cc2cccs2)C(=O)N2C(C(=O)O)=C(COC(N)=O)CS[C@H]21. The number of nitrogens with one attached hydrogen (secondary N) is 1. The monoisotopic (exact) mass is 427 g/mol. The summed E-state index contributed by atoms with van der Waals surface area (Å²) in [5.41, 5.74) is 3.20. The zero-order valence-electron chi connectivity index (χ0n) is 14.7. The van der Waals surface area contributed by atoms with Crippen LogP contribution in [0.4, 0.5) is 4.79 Å². The first kappa shape index (κ1) is 20.2. The van der Waals surface area contributed by atoms with Crippen LogP contribution in [0, 0.1) is 0 Å². The van der Waals surface area contributed by atoms with Gasteiger partial charge in [-0.1, -0.05) is 6.07 Å². The molecule has 0 aromatic carbocycles. The van der Waals surface area contributed by atoms with Gasteiger partial charge in [-0.2, -0.15) is 0 Å². The Morgan fingerprint density at radius 3 is 2.79 bits per heavy atom. The maximum Gasteiger partial charge on any atom is 0.404 e. The van der Waals surface area contributed by atoms with E-state index < -0.39 is 35.0 Å². The number of hydrogen-bond acceptors (Lipinski definition) is 8. The average Bonchev–Trinajstić information content (AvgIpc) is 3.15. The van der Waals surface area contributed by atoms with E-state index in [0.29, 0.717) is 0 Å². The molecule has 28 heavy (non-hydrogen) atoms. The number of amides is 3. The molecule has 2 atom stereocenters. The number of methoxy groups -OCH3 is 1. The van der Waals surface area contributed by atoms with Crippen molar-refractivity contribution in [3.8, 4) is 0 Å². The number of nitrogens with two attached hydrogens (primary N) is 1. The van der Waals surface area contributed by atoms with Crippen molar-refractivity contribution in [2.45, 2.75) is 17.5 Å². The minimum Gasteiger partial charge on any atom is -0.477 e. The van der Waals surface area contributed by atoms with E-state index in [1.165, 1.54) is 30.2 Å². The minimum atomic E-state index is -1.66. The molecule has 0 saturated carbocycles. The highest BCUT2D eigenvalue weighted by molar-refractivity contribution is 8.00. The maximum absolute atomic E-state index is 12.8. The molecular weight excluding hydrogens is 410 g/mol. The summed E-state index contributed by atoms with van der Waals surface area (Å²) in [5.74, 6) is -2.31. The molecular formula is C16H17N3O7S2. The van der Waals surface area contributed by atoms with Crippen LogP contribution in [-0.2, 0) is 30.3 Å². The van der Waals surface area contributed by atoms with Gasteiger partial charge in [-0.3, -0.25) is 14.5 Å². The highest BCUT2D eigenvalue weighted by Gasteiger charge is 2.66. The van der Waals surface area contributed by atoms with Gasteiger partial charge < -0.3 is 25.6 Å². The Balaban J connectivity index is 1.81. The number of carbonyl (C=O) groups is 4. The quantitative estimate of drug-likeness (QED) is 0.410. The number of thiophene rings is 1. The number of nitrogens with zero attached hydrogens (tertiary/aromatic N) is 1. The number of carboxylic acids is 1. The lowest BCUT2D eigenvalue weighted by Crippen LogP contribution is -2.80. The van der Waals surface area contributed by atoms with Crippen LogP contribution in [0.2, 0.25) is 0 Å². The Labute approximate surface area is 167 Å². The largest absolute Gasteiger partial charge is 0.477 e. The number of thioether (sulfide) groups is 1. The predicted molar refractivity (Wildman–Crippen MR) is 99.2 cm³/mol. The summed E-state index contributed by atoms with van der Waals surface area (Å²) in [6, 6.07) is 3.61. The van der Waals surface area contributed by atoms with Gasteiger partial charge in [0, 0.05) is 23.3 Å². The number of fused-ring (bicyclic) bond motifs is 1. The normalized spacial score (nSPS) is 23.7. The van der Waals surface area contributed by atoms with Gasteiger partial charge in [-0.05, 0) is 11.4 Å². The minimum absolute atomic E-state index is 0.0762. The Morgan fingerprint density at radius 2 is 2.21 bits per heavy atom. The molecule has 0 radical (unpaired) electrons. The van der Waals surface area contributed by atoms with Crippen molar-refractivity contribution in [2.75, 3.05) is 19.5 Å². The van der Waals surface area contributed by atoms with E-state index in [-0.39, 0.29) is 30.1 Å². The summed E-state index contributed by atoms with van der Waals surface area (Å²) in [5, 5.41) is 13.2. The van der Waals surface area contributed by atoms with Gasteiger partial charge in [0.25, 0.3) is 11.6 Å². The third-order valence-corrected chi connectivity index (χ3v) is 6.51. The zero-order chi connectivity index (χ0) is 20.5. The van der Waals surface area contributed by atoms with Gasteiger partial charge in [-0.15, -0.1) is 23.1 Å². The Bertz CT molecular complexity index is 854. The lowest BCUT2D eigenvalue weighted by molar-refractivity contribution is -0.192. The summed E-state index contributed by atoms with van der Waals surface area (Å²) in [7, 11) is 1.27. The topological polar surface area (TPSA) is 148 Å². The molecule has 1 fully saturated rings. The predicted octanol–water partition coefficient (Wildman–Crippen LogP) is 0.0986. The Hall–Kier alpha value is -2.57. The van der Waals surface area contributed by atoms with E-state index in [9.17, 15) is 24.3 Å². The molecule has 3 amide bonds. The molecule has 4 N–H and O–H groups in total. The summed E-state index contributed by atoms with van der Waals surface area (Å²) < 4.78 is 10.0. The van der Waals surface area contributed by atoms with E-state index in [2.05, 4.69) is 10.1 Å². The van der Waals surface area contributed by atoms with E-state index in [1.54, 1.807) is 6.07 Å². The Kier molecular flexibility index (Phi) is 5.63. The number of primary amides is 1. The second-order valence-corrected chi connectivity index (χ2v) is 8.05. The van der Waals surface area contributed by atoms with Gasteiger partial charge in [0.05, 0.1) is 6.42 Å². The van der Waals surface area contributed by atoms with Crippen LogP contribution in [-0.4, -0.2) is 64.5 Å². The zero-order valence-corrected chi connectivity index (χ0v) is 16.3. The highest BCUT2D eigenvalue weighted by atomic mass is 32.2. The molecule has 2 aliphatic rings. The van der Waals surface area contributed by atoms with Gasteiger partial charge in [-0.25, -0.2) is 9.59 Å². The maximum atomic E-state index is 12.8. The first-order chi connectivity index (χ1) is 13.3. The first-order valence-corrected chi connectivity index (χ1v) is 9.94.